The van der Waals surface area contributed by atoms with Crippen LogP contribution in [0.25, 0.3) is 0 Å². The molecular weight excluding hydrogens is 320 g/mol. The zero-order valence-corrected chi connectivity index (χ0v) is 14.6. The zero-order valence-electron chi connectivity index (χ0n) is 13.8. The monoisotopic (exact) mass is 338 g/mol. The van der Waals surface area contributed by atoms with Crippen molar-refractivity contribution in [1.82, 2.24) is 4.90 Å². The van der Waals surface area contributed by atoms with Gasteiger partial charge in [-0.25, -0.2) is 0 Å². The van der Waals surface area contributed by atoms with Crippen LogP contribution in [0, 0.1) is 11.3 Å². The van der Waals surface area contributed by atoms with Crippen molar-refractivity contribution < 1.29 is 9.53 Å². The summed E-state index contributed by atoms with van der Waals surface area (Å²) in [5.41, 5.74) is 0.504. The van der Waals surface area contributed by atoms with Crippen LogP contribution in [-0.2, 0) is 0 Å². The van der Waals surface area contributed by atoms with Gasteiger partial charge in [-0.05, 0) is 42.7 Å². The Kier molecular flexibility index (Phi) is 6.05. The van der Waals surface area contributed by atoms with Crippen molar-refractivity contribution in [2.24, 2.45) is 0 Å². The van der Waals surface area contributed by atoms with Gasteiger partial charge in [0.1, 0.15) is 23.1 Å². The Labute approximate surface area is 146 Å². The fourth-order valence-corrected chi connectivity index (χ4v) is 2.44. The minimum Gasteiger partial charge on any atom is -0.457 e. The molecule has 0 spiro atoms. The van der Waals surface area contributed by atoms with E-state index in [0.29, 0.717) is 17.1 Å². The predicted molar refractivity (Wildman–Crippen MR) is 96.5 cm³/mol. The fraction of sp³-hybridized carbons (Fsp3) is 0.158. The van der Waals surface area contributed by atoms with E-state index in [2.05, 4.69) is 0 Å². The highest BCUT2D eigenvalue weighted by atomic mass is 32.2. The minimum atomic E-state index is -0.325. The number of carbonyl (C=O) groups excluding carboxylic acids is 1. The van der Waals surface area contributed by atoms with Crippen LogP contribution in [0.3, 0.4) is 0 Å². The average molecular weight is 338 g/mol. The second-order valence-electron chi connectivity index (χ2n) is 5.25. The van der Waals surface area contributed by atoms with Crippen LogP contribution in [0.1, 0.15) is 10.4 Å². The fourth-order valence-electron chi connectivity index (χ4n) is 2.03. The molecule has 0 unspecified atom stereocenters. The Morgan fingerprint density at radius 1 is 1.17 bits per heavy atom. The molecule has 0 amide bonds. The molecule has 0 saturated carbocycles. The third-order valence-corrected chi connectivity index (χ3v) is 3.89. The number of allylic oxidation sites excluding steroid dienone is 1. The van der Waals surface area contributed by atoms with Gasteiger partial charge in [-0.2, -0.15) is 5.26 Å². The summed E-state index contributed by atoms with van der Waals surface area (Å²) >= 11 is 1.66. The van der Waals surface area contributed by atoms with Crippen molar-refractivity contribution in [3.63, 3.8) is 0 Å². The Hall–Kier alpha value is -2.71. The van der Waals surface area contributed by atoms with E-state index < -0.39 is 0 Å². The Balaban J connectivity index is 2.22. The second-order valence-corrected chi connectivity index (χ2v) is 6.13. The van der Waals surface area contributed by atoms with E-state index in [9.17, 15) is 4.79 Å². The third-order valence-electron chi connectivity index (χ3n) is 3.14. The molecule has 5 heteroatoms. The molecule has 24 heavy (non-hydrogen) atoms. The van der Waals surface area contributed by atoms with E-state index in [1.54, 1.807) is 55.0 Å². The number of hydrogen-bond acceptors (Lipinski definition) is 5. The van der Waals surface area contributed by atoms with Crippen molar-refractivity contribution in [3.05, 3.63) is 65.9 Å². The summed E-state index contributed by atoms with van der Waals surface area (Å²) in [6.07, 6.45) is 3.52. The average Bonchev–Trinajstić information content (AvgIpc) is 2.60. The number of rotatable bonds is 6. The molecule has 0 N–H and O–H groups in total. The van der Waals surface area contributed by atoms with Gasteiger partial charge in [0.2, 0.25) is 5.78 Å². The molecule has 0 aliphatic heterocycles. The normalized spacial score (nSPS) is 10.8. The van der Waals surface area contributed by atoms with E-state index in [1.165, 1.54) is 6.20 Å². The van der Waals surface area contributed by atoms with Crippen LogP contribution >= 0.6 is 11.8 Å². The molecule has 2 aromatic rings. The maximum Gasteiger partial charge on any atom is 0.205 e. The molecule has 0 atom stereocenters. The smallest absolute Gasteiger partial charge is 0.205 e. The van der Waals surface area contributed by atoms with Gasteiger partial charge in [-0.3, -0.25) is 4.79 Å². The highest BCUT2D eigenvalue weighted by Crippen LogP contribution is 2.25. The van der Waals surface area contributed by atoms with Gasteiger partial charge in [0.05, 0.1) is 0 Å². The summed E-state index contributed by atoms with van der Waals surface area (Å²) in [4.78, 5) is 15.2. The number of hydrogen-bond donors (Lipinski definition) is 0. The molecule has 2 aromatic carbocycles. The van der Waals surface area contributed by atoms with Gasteiger partial charge < -0.3 is 9.64 Å². The number of benzene rings is 2. The van der Waals surface area contributed by atoms with Crippen LogP contribution < -0.4 is 4.74 Å². The predicted octanol–water partition coefficient (Wildman–Crippen LogP) is 4.35. The lowest BCUT2D eigenvalue weighted by Crippen LogP contribution is -2.08. The number of Topliss-reactive ketones (excluding diaryl/α,β-unsaturated/α-hetero) is 1. The first-order valence-electron chi connectivity index (χ1n) is 7.28. The molecule has 0 aliphatic carbocycles. The van der Waals surface area contributed by atoms with Gasteiger partial charge >= 0.3 is 0 Å². The lowest BCUT2D eigenvalue weighted by molar-refractivity contribution is 0.103. The molecule has 0 aliphatic rings. The van der Waals surface area contributed by atoms with Gasteiger partial charge in [0, 0.05) is 30.8 Å². The molecule has 0 aromatic heterocycles. The summed E-state index contributed by atoms with van der Waals surface area (Å²) in [6, 6.07) is 16.5. The van der Waals surface area contributed by atoms with Crippen molar-refractivity contribution in [1.29, 1.82) is 5.26 Å². The molecule has 0 fully saturated rings. The van der Waals surface area contributed by atoms with Gasteiger partial charge in [-0.1, -0.05) is 12.1 Å². The summed E-state index contributed by atoms with van der Waals surface area (Å²) in [5.74, 6) is 0.927. The number of ketones is 1. The van der Waals surface area contributed by atoms with Crippen molar-refractivity contribution in [2.45, 2.75) is 4.90 Å². The van der Waals surface area contributed by atoms with Crippen LogP contribution in [0.5, 0.6) is 11.5 Å². The van der Waals surface area contributed by atoms with E-state index >= 15 is 0 Å². The highest BCUT2D eigenvalue weighted by molar-refractivity contribution is 7.98. The van der Waals surface area contributed by atoms with E-state index in [0.717, 1.165) is 4.90 Å². The van der Waals surface area contributed by atoms with Crippen molar-refractivity contribution >= 4 is 17.5 Å². The van der Waals surface area contributed by atoms with Crippen molar-refractivity contribution in [3.8, 4) is 17.6 Å². The molecule has 0 bridgehead atoms. The first kappa shape index (κ1) is 17.6. The first-order chi connectivity index (χ1) is 11.5. The van der Waals surface area contributed by atoms with Crippen LogP contribution in [0.15, 0.2) is 65.2 Å². The number of nitrogens with zero attached hydrogens (tertiary/aromatic N) is 2. The largest absolute Gasteiger partial charge is 0.457 e. The van der Waals surface area contributed by atoms with E-state index in [1.807, 2.05) is 36.6 Å². The quantitative estimate of drug-likeness (QED) is 0.339. The number of thioether (sulfide) groups is 1. The zero-order chi connectivity index (χ0) is 17.5. The number of carbonyl (C=O) groups is 1. The Morgan fingerprint density at radius 3 is 2.46 bits per heavy atom. The first-order valence-corrected chi connectivity index (χ1v) is 8.51. The Bertz CT molecular complexity index is 790. The lowest BCUT2D eigenvalue weighted by atomic mass is 10.0. The third kappa shape index (κ3) is 4.64. The summed E-state index contributed by atoms with van der Waals surface area (Å²) in [7, 11) is 3.53. The van der Waals surface area contributed by atoms with Gasteiger partial charge in [-0.15, -0.1) is 11.8 Å². The number of ether oxygens (including phenoxy) is 1. The summed E-state index contributed by atoms with van der Waals surface area (Å²) < 4.78 is 5.79. The number of nitriles is 1. The summed E-state index contributed by atoms with van der Waals surface area (Å²) in [6.45, 7) is 0. The molecule has 0 heterocycles. The summed E-state index contributed by atoms with van der Waals surface area (Å²) in [5, 5.41) is 9.16. The van der Waals surface area contributed by atoms with E-state index in [-0.39, 0.29) is 11.4 Å². The van der Waals surface area contributed by atoms with Gasteiger partial charge in [0.25, 0.3) is 0 Å². The molecule has 0 saturated heterocycles. The van der Waals surface area contributed by atoms with Gasteiger partial charge in [0.15, 0.2) is 0 Å². The molecule has 122 valence electrons. The molecular formula is C19H18N2O2S. The highest BCUT2D eigenvalue weighted by Gasteiger charge is 2.13. The lowest BCUT2D eigenvalue weighted by Gasteiger charge is -2.09. The Morgan fingerprint density at radius 2 is 1.88 bits per heavy atom. The maximum atomic E-state index is 12.4. The van der Waals surface area contributed by atoms with Crippen LogP contribution in [-0.4, -0.2) is 31.0 Å². The van der Waals surface area contributed by atoms with Crippen molar-refractivity contribution in [2.75, 3.05) is 20.4 Å². The van der Waals surface area contributed by atoms with Crippen LogP contribution in [0.2, 0.25) is 0 Å². The minimum absolute atomic E-state index is 0.0847. The second kappa shape index (κ2) is 8.23. The van der Waals surface area contributed by atoms with E-state index in [4.69, 9.17) is 10.00 Å². The SMILES string of the molecule is CSc1ccc(Oc2cccc(C(=O)/C(C#N)=C/N(C)C)c2)cc1. The molecule has 2 rings (SSSR count). The molecule has 4 nitrogen and oxygen atoms in total. The van der Waals surface area contributed by atoms with Crippen LogP contribution in [0.4, 0.5) is 0 Å². The maximum absolute atomic E-state index is 12.4. The topological polar surface area (TPSA) is 53.3 Å². The molecule has 0 radical (unpaired) electrons. The standard InChI is InChI=1S/C19H18N2O2S/c1-21(2)13-15(12-20)19(22)14-5-4-6-17(11-14)23-16-7-9-18(24-3)10-8-16/h4-11,13H,1-3H3/b15-13+.